The van der Waals surface area contributed by atoms with Crippen molar-refractivity contribution in [1.82, 2.24) is 10.1 Å². The van der Waals surface area contributed by atoms with Crippen molar-refractivity contribution < 1.29 is 9.63 Å². The van der Waals surface area contributed by atoms with Gasteiger partial charge < -0.3 is 15.4 Å². The van der Waals surface area contributed by atoms with Gasteiger partial charge in [0, 0.05) is 13.0 Å². The molecule has 1 aromatic carbocycles. The second-order valence-corrected chi connectivity index (χ2v) is 5.65. The Hall–Kier alpha value is -1.72. The summed E-state index contributed by atoms with van der Waals surface area (Å²) in [6.07, 6.45) is 0.889. The van der Waals surface area contributed by atoms with Gasteiger partial charge in [-0.05, 0) is 26.3 Å². The summed E-state index contributed by atoms with van der Waals surface area (Å²) >= 11 is 0. The van der Waals surface area contributed by atoms with Crippen molar-refractivity contribution in [3.8, 4) is 0 Å². The van der Waals surface area contributed by atoms with Gasteiger partial charge in [0.2, 0.25) is 5.89 Å². The third kappa shape index (κ3) is 3.88. The third-order valence-corrected chi connectivity index (χ3v) is 3.13. The average molecular weight is 275 g/mol. The van der Waals surface area contributed by atoms with Crippen LogP contribution in [0.3, 0.4) is 0 Å². The smallest absolute Gasteiger partial charge is 0.229 e. The van der Waals surface area contributed by atoms with E-state index in [4.69, 9.17) is 10.3 Å². The molecule has 2 aromatic rings. The van der Waals surface area contributed by atoms with E-state index in [9.17, 15) is 5.11 Å². The number of aromatic nitrogens is 2. The van der Waals surface area contributed by atoms with E-state index in [-0.39, 0.29) is 13.0 Å². The SMILES string of the molecule is Cc1cc(C)cc(Cc2noc(CC(C)(O)CN)n2)c1. The topological polar surface area (TPSA) is 85.2 Å². The average Bonchev–Trinajstić information content (AvgIpc) is 2.74. The van der Waals surface area contributed by atoms with E-state index in [2.05, 4.69) is 42.2 Å². The Balaban J connectivity index is 2.09. The number of nitrogens with zero attached hydrogens (tertiary/aromatic N) is 2. The molecule has 0 bridgehead atoms. The molecule has 20 heavy (non-hydrogen) atoms. The number of aryl methyl sites for hydroxylation is 2. The molecule has 0 fully saturated rings. The van der Waals surface area contributed by atoms with E-state index in [1.165, 1.54) is 11.1 Å². The number of rotatable bonds is 5. The molecule has 3 N–H and O–H groups in total. The van der Waals surface area contributed by atoms with Crippen LogP contribution < -0.4 is 5.73 Å². The standard InChI is InChI=1S/C15H21N3O2/c1-10-4-11(2)6-12(5-10)7-13-17-14(20-18-13)8-15(3,19)9-16/h4-6,19H,7-9,16H2,1-3H3. The molecule has 5 heteroatoms. The molecule has 0 amide bonds. The largest absolute Gasteiger partial charge is 0.388 e. The molecule has 5 nitrogen and oxygen atoms in total. The van der Waals surface area contributed by atoms with Crippen LogP contribution in [0.25, 0.3) is 0 Å². The van der Waals surface area contributed by atoms with E-state index in [1.54, 1.807) is 6.92 Å². The van der Waals surface area contributed by atoms with Gasteiger partial charge in [0.1, 0.15) is 0 Å². The molecule has 0 saturated heterocycles. The van der Waals surface area contributed by atoms with Gasteiger partial charge in [0.15, 0.2) is 5.82 Å². The van der Waals surface area contributed by atoms with Crippen molar-refractivity contribution in [1.29, 1.82) is 0 Å². The number of aliphatic hydroxyl groups is 1. The van der Waals surface area contributed by atoms with Crippen molar-refractivity contribution in [2.75, 3.05) is 6.54 Å². The second kappa shape index (κ2) is 5.73. The predicted molar refractivity (Wildman–Crippen MR) is 76.4 cm³/mol. The normalized spacial score (nSPS) is 14.2. The summed E-state index contributed by atoms with van der Waals surface area (Å²) in [5.41, 5.74) is 8.06. The van der Waals surface area contributed by atoms with Crippen molar-refractivity contribution in [2.45, 2.75) is 39.2 Å². The van der Waals surface area contributed by atoms with Crippen molar-refractivity contribution >= 4 is 0 Å². The summed E-state index contributed by atoms with van der Waals surface area (Å²) in [6, 6.07) is 6.35. The number of benzene rings is 1. The Labute approximate surface area is 118 Å². The molecule has 1 unspecified atom stereocenters. The lowest BCUT2D eigenvalue weighted by Gasteiger charge is -2.17. The lowest BCUT2D eigenvalue weighted by Crippen LogP contribution is -2.36. The highest BCUT2D eigenvalue weighted by Gasteiger charge is 2.22. The fourth-order valence-corrected chi connectivity index (χ4v) is 2.19. The van der Waals surface area contributed by atoms with Gasteiger partial charge in [-0.1, -0.05) is 34.5 Å². The molecule has 0 aliphatic heterocycles. The number of hydrogen-bond acceptors (Lipinski definition) is 5. The first-order valence-electron chi connectivity index (χ1n) is 6.69. The van der Waals surface area contributed by atoms with Crippen LogP contribution in [0.1, 0.15) is 35.3 Å². The van der Waals surface area contributed by atoms with E-state index in [0.717, 1.165) is 5.56 Å². The van der Waals surface area contributed by atoms with Crippen LogP contribution in [0.4, 0.5) is 0 Å². The highest BCUT2D eigenvalue weighted by atomic mass is 16.5. The maximum absolute atomic E-state index is 9.90. The minimum Gasteiger partial charge on any atom is -0.388 e. The molecular formula is C15H21N3O2. The molecule has 108 valence electrons. The zero-order valence-corrected chi connectivity index (χ0v) is 12.2. The monoisotopic (exact) mass is 275 g/mol. The Morgan fingerprint density at radius 2 is 1.90 bits per heavy atom. The zero-order valence-electron chi connectivity index (χ0n) is 12.2. The summed E-state index contributed by atoms with van der Waals surface area (Å²) in [4.78, 5) is 4.30. The van der Waals surface area contributed by atoms with Gasteiger partial charge in [-0.2, -0.15) is 4.98 Å². The third-order valence-electron chi connectivity index (χ3n) is 3.13. The first-order chi connectivity index (χ1) is 9.38. The van der Waals surface area contributed by atoms with Gasteiger partial charge >= 0.3 is 0 Å². The molecule has 0 radical (unpaired) electrons. The van der Waals surface area contributed by atoms with E-state index in [1.807, 2.05) is 0 Å². The summed E-state index contributed by atoms with van der Waals surface area (Å²) in [6.45, 7) is 5.94. The lowest BCUT2D eigenvalue weighted by atomic mass is 10.0. The first kappa shape index (κ1) is 14.7. The molecule has 1 heterocycles. The summed E-state index contributed by atoms with van der Waals surface area (Å²) in [7, 11) is 0. The van der Waals surface area contributed by atoms with Gasteiger partial charge in [0.25, 0.3) is 0 Å². The highest BCUT2D eigenvalue weighted by molar-refractivity contribution is 5.30. The summed E-state index contributed by atoms with van der Waals surface area (Å²) in [5, 5.41) is 13.8. The van der Waals surface area contributed by atoms with Crippen LogP contribution in [-0.4, -0.2) is 27.4 Å². The van der Waals surface area contributed by atoms with E-state index in [0.29, 0.717) is 18.1 Å². The van der Waals surface area contributed by atoms with Crippen molar-refractivity contribution in [3.05, 3.63) is 46.6 Å². The minimum atomic E-state index is -1.01. The van der Waals surface area contributed by atoms with Crippen LogP contribution >= 0.6 is 0 Å². The van der Waals surface area contributed by atoms with Gasteiger partial charge in [-0.3, -0.25) is 0 Å². The zero-order chi connectivity index (χ0) is 14.8. The molecular weight excluding hydrogens is 254 g/mol. The maximum atomic E-state index is 9.90. The molecule has 0 aliphatic rings. The summed E-state index contributed by atoms with van der Waals surface area (Å²) in [5.74, 6) is 1.04. The maximum Gasteiger partial charge on any atom is 0.229 e. The van der Waals surface area contributed by atoms with Gasteiger partial charge in [0.05, 0.1) is 12.0 Å². The van der Waals surface area contributed by atoms with Crippen LogP contribution in [0.5, 0.6) is 0 Å². The van der Waals surface area contributed by atoms with E-state index >= 15 is 0 Å². The number of hydrogen-bond donors (Lipinski definition) is 2. The lowest BCUT2D eigenvalue weighted by molar-refractivity contribution is 0.0610. The quantitative estimate of drug-likeness (QED) is 0.864. The Morgan fingerprint density at radius 3 is 2.50 bits per heavy atom. The molecule has 1 atom stereocenters. The van der Waals surface area contributed by atoms with Crippen LogP contribution in [0.15, 0.2) is 22.7 Å². The van der Waals surface area contributed by atoms with Crippen LogP contribution in [0, 0.1) is 13.8 Å². The molecule has 0 aliphatic carbocycles. The predicted octanol–water partition coefficient (Wildman–Crippen LogP) is 1.53. The number of nitrogens with two attached hydrogens (primary N) is 1. The second-order valence-electron chi connectivity index (χ2n) is 5.65. The molecule has 2 rings (SSSR count). The molecule has 0 spiro atoms. The van der Waals surface area contributed by atoms with Crippen LogP contribution in [-0.2, 0) is 12.8 Å². The van der Waals surface area contributed by atoms with E-state index < -0.39 is 5.60 Å². The first-order valence-corrected chi connectivity index (χ1v) is 6.69. The fourth-order valence-electron chi connectivity index (χ4n) is 2.19. The Kier molecular flexibility index (Phi) is 4.20. The van der Waals surface area contributed by atoms with Crippen molar-refractivity contribution in [3.63, 3.8) is 0 Å². The van der Waals surface area contributed by atoms with Gasteiger partial charge in [-0.25, -0.2) is 0 Å². The molecule has 1 aromatic heterocycles. The Morgan fingerprint density at radius 1 is 1.25 bits per heavy atom. The highest BCUT2D eigenvalue weighted by Crippen LogP contribution is 2.14. The van der Waals surface area contributed by atoms with Crippen LogP contribution in [0.2, 0.25) is 0 Å². The summed E-state index contributed by atoms with van der Waals surface area (Å²) < 4.78 is 5.16. The molecule has 0 saturated carbocycles. The minimum absolute atomic E-state index is 0.155. The Bertz CT molecular complexity index is 570. The van der Waals surface area contributed by atoms with Crippen molar-refractivity contribution in [2.24, 2.45) is 5.73 Å². The fraction of sp³-hybridized carbons (Fsp3) is 0.467. The van der Waals surface area contributed by atoms with Gasteiger partial charge in [-0.15, -0.1) is 0 Å².